The van der Waals surface area contributed by atoms with Crippen molar-refractivity contribution in [3.63, 3.8) is 0 Å². The van der Waals surface area contributed by atoms with E-state index in [9.17, 15) is 4.79 Å². The summed E-state index contributed by atoms with van der Waals surface area (Å²) in [7, 11) is 0. The number of benzene rings is 1. The van der Waals surface area contributed by atoms with Crippen molar-refractivity contribution >= 4 is 12.1 Å². The fourth-order valence-electron chi connectivity index (χ4n) is 1.84. The molecule has 1 rings (SSSR count). The second-order valence-corrected chi connectivity index (χ2v) is 4.72. The topological polar surface area (TPSA) is 41.5 Å². The molecular formula is C16H24N2O. The maximum atomic E-state index is 11.5. The zero-order valence-electron chi connectivity index (χ0n) is 11.8. The molecule has 0 aliphatic rings. The second-order valence-electron chi connectivity index (χ2n) is 4.72. The van der Waals surface area contributed by atoms with Gasteiger partial charge in [-0.15, -0.1) is 0 Å². The molecule has 19 heavy (non-hydrogen) atoms. The molecule has 0 aromatic heterocycles. The van der Waals surface area contributed by atoms with Crippen LogP contribution in [-0.2, 0) is 4.79 Å². The van der Waals surface area contributed by atoms with Gasteiger partial charge in [-0.3, -0.25) is 4.79 Å². The maximum Gasteiger partial charge on any atom is 0.240 e. The molecule has 0 fully saturated rings. The van der Waals surface area contributed by atoms with Crippen molar-refractivity contribution in [1.82, 2.24) is 5.43 Å². The lowest BCUT2D eigenvalue weighted by Gasteiger charge is -2.00. The van der Waals surface area contributed by atoms with Crippen LogP contribution in [0.2, 0.25) is 0 Å². The lowest BCUT2D eigenvalue weighted by atomic mass is 10.1. The Kier molecular flexibility index (Phi) is 8.36. The summed E-state index contributed by atoms with van der Waals surface area (Å²) in [6.07, 6.45) is 9.39. The summed E-state index contributed by atoms with van der Waals surface area (Å²) in [5, 5.41) is 3.95. The van der Waals surface area contributed by atoms with E-state index in [1.54, 1.807) is 6.21 Å². The predicted molar refractivity (Wildman–Crippen MR) is 80.2 cm³/mol. The molecule has 0 heterocycles. The molecule has 1 amide bonds. The van der Waals surface area contributed by atoms with E-state index in [-0.39, 0.29) is 5.91 Å². The maximum absolute atomic E-state index is 11.5. The van der Waals surface area contributed by atoms with Gasteiger partial charge in [0.15, 0.2) is 0 Å². The van der Waals surface area contributed by atoms with Crippen LogP contribution in [-0.4, -0.2) is 12.1 Å². The van der Waals surface area contributed by atoms with Crippen molar-refractivity contribution in [1.29, 1.82) is 0 Å². The molecule has 1 aromatic rings. The Labute approximate surface area is 116 Å². The molecule has 0 aliphatic carbocycles. The Bertz CT molecular complexity index is 374. The molecule has 0 saturated carbocycles. The molecule has 0 saturated heterocycles. The molecule has 3 heteroatoms. The minimum atomic E-state index is 0.00247. The van der Waals surface area contributed by atoms with Crippen molar-refractivity contribution < 1.29 is 4.79 Å². The lowest BCUT2D eigenvalue weighted by Crippen LogP contribution is -2.16. The number of hydrazone groups is 1. The first kappa shape index (κ1) is 15.4. The van der Waals surface area contributed by atoms with E-state index in [1.807, 2.05) is 30.3 Å². The Morgan fingerprint density at radius 2 is 1.79 bits per heavy atom. The summed E-state index contributed by atoms with van der Waals surface area (Å²) >= 11 is 0. The quantitative estimate of drug-likeness (QED) is 0.408. The van der Waals surface area contributed by atoms with Crippen LogP contribution in [0.25, 0.3) is 0 Å². The molecule has 0 bridgehead atoms. The van der Waals surface area contributed by atoms with Gasteiger partial charge < -0.3 is 0 Å². The number of amides is 1. The van der Waals surface area contributed by atoms with Gasteiger partial charge in [0, 0.05) is 6.42 Å². The average Bonchev–Trinajstić information content (AvgIpc) is 2.44. The van der Waals surface area contributed by atoms with Gasteiger partial charge in [-0.1, -0.05) is 69.4 Å². The van der Waals surface area contributed by atoms with Crippen molar-refractivity contribution in [3.05, 3.63) is 35.9 Å². The molecule has 0 radical (unpaired) electrons. The van der Waals surface area contributed by atoms with Gasteiger partial charge in [-0.2, -0.15) is 5.10 Å². The van der Waals surface area contributed by atoms with Crippen LogP contribution in [0.3, 0.4) is 0 Å². The Hall–Kier alpha value is -1.64. The van der Waals surface area contributed by atoms with E-state index in [0.29, 0.717) is 6.42 Å². The monoisotopic (exact) mass is 260 g/mol. The van der Waals surface area contributed by atoms with Crippen LogP contribution in [0.15, 0.2) is 35.4 Å². The second kappa shape index (κ2) is 10.3. The molecule has 1 aromatic carbocycles. The van der Waals surface area contributed by atoms with Crippen molar-refractivity contribution in [2.75, 3.05) is 0 Å². The molecule has 0 unspecified atom stereocenters. The van der Waals surface area contributed by atoms with Crippen LogP contribution in [0.4, 0.5) is 0 Å². The standard InChI is InChI=1S/C16H24N2O/c1-2-3-4-5-6-10-13-16(19)18-17-14-15-11-8-7-9-12-15/h7-9,11-12,14H,2-6,10,13H2,1H3,(H,18,19). The zero-order valence-corrected chi connectivity index (χ0v) is 11.8. The molecule has 0 spiro atoms. The normalized spacial score (nSPS) is 10.8. The van der Waals surface area contributed by atoms with E-state index in [2.05, 4.69) is 17.5 Å². The highest BCUT2D eigenvalue weighted by Gasteiger charge is 1.98. The number of hydrogen-bond acceptors (Lipinski definition) is 2. The van der Waals surface area contributed by atoms with E-state index in [4.69, 9.17) is 0 Å². The Balaban J connectivity index is 2.06. The third kappa shape index (κ3) is 8.14. The molecule has 0 atom stereocenters. The highest BCUT2D eigenvalue weighted by Crippen LogP contribution is 2.06. The Morgan fingerprint density at radius 3 is 2.53 bits per heavy atom. The lowest BCUT2D eigenvalue weighted by molar-refractivity contribution is -0.121. The molecule has 0 aliphatic heterocycles. The molecule has 1 N–H and O–H groups in total. The molecule has 104 valence electrons. The fraction of sp³-hybridized carbons (Fsp3) is 0.500. The van der Waals surface area contributed by atoms with Crippen LogP contribution < -0.4 is 5.43 Å². The summed E-state index contributed by atoms with van der Waals surface area (Å²) < 4.78 is 0. The van der Waals surface area contributed by atoms with Gasteiger partial charge in [0.25, 0.3) is 0 Å². The predicted octanol–water partition coefficient (Wildman–Crippen LogP) is 3.89. The number of rotatable bonds is 9. The third-order valence-corrected chi connectivity index (χ3v) is 2.96. The minimum Gasteiger partial charge on any atom is -0.273 e. The van der Waals surface area contributed by atoms with Crippen LogP contribution in [0, 0.1) is 0 Å². The number of nitrogens with one attached hydrogen (secondary N) is 1. The van der Waals surface area contributed by atoms with Gasteiger partial charge in [-0.25, -0.2) is 5.43 Å². The van der Waals surface area contributed by atoms with Gasteiger partial charge >= 0.3 is 0 Å². The van der Waals surface area contributed by atoms with E-state index >= 15 is 0 Å². The van der Waals surface area contributed by atoms with E-state index < -0.39 is 0 Å². The SMILES string of the molecule is CCCCCCCCC(=O)NN=Cc1ccccc1. The minimum absolute atomic E-state index is 0.00247. The van der Waals surface area contributed by atoms with Crippen molar-refractivity contribution in [2.45, 2.75) is 51.9 Å². The highest BCUT2D eigenvalue weighted by atomic mass is 16.2. The van der Waals surface area contributed by atoms with Crippen molar-refractivity contribution in [3.8, 4) is 0 Å². The number of nitrogens with zero attached hydrogens (tertiary/aromatic N) is 1. The summed E-state index contributed by atoms with van der Waals surface area (Å²) in [5.41, 5.74) is 3.55. The molecular weight excluding hydrogens is 236 g/mol. The van der Waals surface area contributed by atoms with Gasteiger partial charge in [0.1, 0.15) is 0 Å². The summed E-state index contributed by atoms with van der Waals surface area (Å²) in [6, 6.07) is 9.74. The van der Waals surface area contributed by atoms with Gasteiger partial charge in [0.2, 0.25) is 5.91 Å². The summed E-state index contributed by atoms with van der Waals surface area (Å²) in [6.45, 7) is 2.21. The highest BCUT2D eigenvalue weighted by molar-refractivity contribution is 5.82. The number of unbranched alkanes of at least 4 members (excludes halogenated alkanes) is 5. The molecule has 3 nitrogen and oxygen atoms in total. The Morgan fingerprint density at radius 1 is 1.11 bits per heavy atom. The first-order chi connectivity index (χ1) is 9.33. The smallest absolute Gasteiger partial charge is 0.240 e. The van der Waals surface area contributed by atoms with Crippen LogP contribution in [0.5, 0.6) is 0 Å². The van der Waals surface area contributed by atoms with Gasteiger partial charge in [-0.05, 0) is 12.0 Å². The van der Waals surface area contributed by atoms with E-state index in [1.165, 1.54) is 25.7 Å². The van der Waals surface area contributed by atoms with Crippen molar-refractivity contribution in [2.24, 2.45) is 5.10 Å². The third-order valence-electron chi connectivity index (χ3n) is 2.96. The number of carbonyl (C=O) groups is 1. The zero-order chi connectivity index (χ0) is 13.8. The van der Waals surface area contributed by atoms with Crippen LogP contribution >= 0.6 is 0 Å². The number of hydrogen-bond donors (Lipinski definition) is 1. The van der Waals surface area contributed by atoms with E-state index in [0.717, 1.165) is 18.4 Å². The summed E-state index contributed by atoms with van der Waals surface area (Å²) in [4.78, 5) is 11.5. The first-order valence-corrected chi connectivity index (χ1v) is 7.20. The first-order valence-electron chi connectivity index (χ1n) is 7.20. The fourth-order valence-corrected chi connectivity index (χ4v) is 1.84. The largest absolute Gasteiger partial charge is 0.273 e. The summed E-state index contributed by atoms with van der Waals surface area (Å²) in [5.74, 6) is 0.00247. The average molecular weight is 260 g/mol. The van der Waals surface area contributed by atoms with Crippen LogP contribution in [0.1, 0.15) is 57.4 Å². The number of carbonyl (C=O) groups excluding carboxylic acids is 1. The van der Waals surface area contributed by atoms with Gasteiger partial charge in [0.05, 0.1) is 6.21 Å².